The van der Waals surface area contributed by atoms with Gasteiger partial charge in [-0.15, -0.1) is 0 Å². The van der Waals surface area contributed by atoms with Crippen LogP contribution in [-0.4, -0.2) is 21.3 Å². The first-order chi connectivity index (χ1) is 8.20. The summed E-state index contributed by atoms with van der Waals surface area (Å²) in [5, 5.41) is 4.25. The number of nitrogens with zero attached hydrogens (tertiary/aromatic N) is 2. The molecular weight excluding hydrogens is 216 g/mol. The molecule has 0 saturated heterocycles. The number of hydrogen-bond donors (Lipinski definition) is 2. The molecule has 0 spiro atoms. The average molecular weight is 232 g/mol. The molecule has 0 bridgehead atoms. The maximum atomic E-state index is 11.7. The molecule has 0 unspecified atom stereocenters. The first-order valence-corrected chi connectivity index (χ1v) is 5.66. The van der Waals surface area contributed by atoms with Gasteiger partial charge in [-0.05, 0) is 37.6 Å². The first kappa shape index (κ1) is 11.6. The summed E-state index contributed by atoms with van der Waals surface area (Å²) >= 11 is 0. The van der Waals surface area contributed by atoms with Crippen molar-refractivity contribution in [2.75, 3.05) is 6.54 Å². The third kappa shape index (κ3) is 2.62. The van der Waals surface area contributed by atoms with E-state index in [9.17, 15) is 4.79 Å². The van der Waals surface area contributed by atoms with E-state index in [0.29, 0.717) is 18.8 Å². The van der Waals surface area contributed by atoms with Crippen molar-refractivity contribution in [2.45, 2.75) is 19.8 Å². The highest BCUT2D eigenvalue weighted by atomic mass is 16.1. The van der Waals surface area contributed by atoms with E-state index >= 15 is 0 Å². The van der Waals surface area contributed by atoms with Crippen molar-refractivity contribution < 1.29 is 0 Å². The van der Waals surface area contributed by atoms with Crippen molar-refractivity contribution in [3.63, 3.8) is 0 Å². The number of nitrogens with one attached hydrogen (secondary N) is 1. The molecule has 0 atom stereocenters. The quantitative estimate of drug-likeness (QED) is 0.817. The first-order valence-electron chi connectivity index (χ1n) is 5.66. The Kier molecular flexibility index (Phi) is 3.39. The van der Waals surface area contributed by atoms with Crippen LogP contribution in [0, 0.1) is 6.92 Å². The number of rotatable bonds is 4. The van der Waals surface area contributed by atoms with Crippen molar-refractivity contribution in [1.82, 2.24) is 14.8 Å². The topological polar surface area (TPSA) is 76.7 Å². The third-order valence-corrected chi connectivity index (χ3v) is 2.53. The van der Waals surface area contributed by atoms with E-state index in [4.69, 9.17) is 5.73 Å². The number of benzene rings is 1. The minimum Gasteiger partial charge on any atom is -0.330 e. The fourth-order valence-electron chi connectivity index (χ4n) is 1.68. The summed E-state index contributed by atoms with van der Waals surface area (Å²) in [5.41, 5.74) is 7.10. The molecule has 2 aromatic rings. The van der Waals surface area contributed by atoms with Crippen LogP contribution in [0.5, 0.6) is 0 Å². The van der Waals surface area contributed by atoms with E-state index in [1.807, 2.05) is 31.2 Å². The summed E-state index contributed by atoms with van der Waals surface area (Å²) in [5.74, 6) is 0.682. The van der Waals surface area contributed by atoms with Crippen LogP contribution in [0.4, 0.5) is 0 Å². The van der Waals surface area contributed by atoms with Gasteiger partial charge in [0.2, 0.25) is 0 Å². The van der Waals surface area contributed by atoms with Crippen LogP contribution >= 0.6 is 0 Å². The number of H-pyrrole nitrogens is 1. The normalized spacial score (nSPS) is 10.7. The lowest BCUT2D eigenvalue weighted by Crippen LogP contribution is -2.15. The van der Waals surface area contributed by atoms with Gasteiger partial charge in [0.15, 0.2) is 0 Å². The Labute approximate surface area is 99.3 Å². The minimum atomic E-state index is -0.206. The molecule has 0 fully saturated rings. The van der Waals surface area contributed by atoms with E-state index in [1.165, 1.54) is 4.68 Å². The van der Waals surface area contributed by atoms with Crippen LogP contribution in [0.15, 0.2) is 29.1 Å². The molecule has 0 saturated carbocycles. The van der Waals surface area contributed by atoms with Gasteiger partial charge in [-0.25, -0.2) is 4.79 Å². The molecule has 0 amide bonds. The molecule has 1 heterocycles. The molecule has 0 aliphatic carbocycles. The Morgan fingerprint density at radius 1 is 1.47 bits per heavy atom. The summed E-state index contributed by atoms with van der Waals surface area (Å²) in [6.45, 7) is 2.58. The van der Waals surface area contributed by atoms with Gasteiger partial charge in [0.1, 0.15) is 5.82 Å². The maximum absolute atomic E-state index is 11.7. The zero-order valence-electron chi connectivity index (χ0n) is 9.81. The van der Waals surface area contributed by atoms with Crippen LogP contribution in [0.2, 0.25) is 0 Å². The molecule has 1 aromatic heterocycles. The van der Waals surface area contributed by atoms with Crippen LogP contribution in [0.3, 0.4) is 0 Å². The number of hydrogen-bond acceptors (Lipinski definition) is 3. The number of aryl methyl sites for hydroxylation is 2. The lowest BCUT2D eigenvalue weighted by molar-refractivity contribution is 0.762. The Morgan fingerprint density at radius 3 is 3.00 bits per heavy atom. The van der Waals surface area contributed by atoms with Gasteiger partial charge < -0.3 is 5.73 Å². The summed E-state index contributed by atoms with van der Waals surface area (Å²) in [6, 6.07) is 7.68. The summed E-state index contributed by atoms with van der Waals surface area (Å²) in [7, 11) is 0. The van der Waals surface area contributed by atoms with Gasteiger partial charge in [0, 0.05) is 6.42 Å². The molecule has 0 aliphatic rings. The molecule has 1 aromatic carbocycles. The summed E-state index contributed by atoms with van der Waals surface area (Å²) < 4.78 is 1.39. The number of nitrogens with two attached hydrogens (primary N) is 1. The van der Waals surface area contributed by atoms with Crippen molar-refractivity contribution in [3.05, 3.63) is 46.1 Å². The highest BCUT2D eigenvalue weighted by Gasteiger charge is 2.06. The standard InChI is InChI=1S/C12H16N4O/c1-9-4-2-5-10(8-9)16-12(17)14-11(15-16)6-3-7-13/h2,4-5,8H,3,6-7,13H2,1H3,(H,14,15,17). The average Bonchev–Trinajstić information content (AvgIpc) is 2.68. The molecular formula is C12H16N4O. The molecule has 5 nitrogen and oxygen atoms in total. The smallest absolute Gasteiger partial charge is 0.330 e. The SMILES string of the molecule is Cc1cccc(-n2nc(CCCN)[nH]c2=O)c1. The largest absolute Gasteiger partial charge is 0.348 e. The second-order valence-corrected chi connectivity index (χ2v) is 4.02. The van der Waals surface area contributed by atoms with Gasteiger partial charge in [-0.3, -0.25) is 4.98 Å². The van der Waals surface area contributed by atoms with Gasteiger partial charge in [0.25, 0.3) is 0 Å². The van der Waals surface area contributed by atoms with Crippen LogP contribution in [0.25, 0.3) is 5.69 Å². The summed E-state index contributed by atoms with van der Waals surface area (Å²) in [6.07, 6.45) is 1.52. The number of aromatic nitrogens is 3. The van der Waals surface area contributed by atoms with E-state index in [0.717, 1.165) is 17.7 Å². The lowest BCUT2D eigenvalue weighted by atomic mass is 10.2. The lowest BCUT2D eigenvalue weighted by Gasteiger charge is -1.99. The van der Waals surface area contributed by atoms with Crippen molar-refractivity contribution in [3.8, 4) is 5.69 Å². The minimum absolute atomic E-state index is 0.206. The van der Waals surface area contributed by atoms with Gasteiger partial charge >= 0.3 is 5.69 Å². The van der Waals surface area contributed by atoms with Gasteiger partial charge in [0.05, 0.1) is 5.69 Å². The molecule has 2 rings (SSSR count). The second kappa shape index (κ2) is 4.97. The fraction of sp³-hybridized carbons (Fsp3) is 0.333. The predicted octanol–water partition coefficient (Wildman–Crippen LogP) is 0.760. The fourth-order valence-corrected chi connectivity index (χ4v) is 1.68. The molecule has 90 valence electrons. The van der Waals surface area contributed by atoms with Crippen molar-refractivity contribution in [2.24, 2.45) is 5.73 Å². The number of aromatic amines is 1. The predicted molar refractivity (Wildman–Crippen MR) is 66.3 cm³/mol. The Hall–Kier alpha value is -1.88. The monoisotopic (exact) mass is 232 g/mol. The molecule has 0 aliphatic heterocycles. The van der Waals surface area contributed by atoms with E-state index < -0.39 is 0 Å². The Balaban J connectivity index is 2.33. The van der Waals surface area contributed by atoms with E-state index in [2.05, 4.69) is 10.1 Å². The van der Waals surface area contributed by atoms with Crippen LogP contribution in [0.1, 0.15) is 17.8 Å². The molecule has 5 heteroatoms. The van der Waals surface area contributed by atoms with E-state index in [1.54, 1.807) is 0 Å². The maximum Gasteiger partial charge on any atom is 0.348 e. The zero-order valence-corrected chi connectivity index (χ0v) is 9.81. The van der Waals surface area contributed by atoms with Gasteiger partial charge in [-0.2, -0.15) is 9.78 Å². The third-order valence-electron chi connectivity index (χ3n) is 2.53. The van der Waals surface area contributed by atoms with Crippen molar-refractivity contribution in [1.29, 1.82) is 0 Å². The van der Waals surface area contributed by atoms with Crippen molar-refractivity contribution >= 4 is 0 Å². The molecule has 0 radical (unpaired) electrons. The van der Waals surface area contributed by atoms with Crippen LogP contribution < -0.4 is 11.4 Å². The molecule has 3 N–H and O–H groups in total. The summed E-state index contributed by atoms with van der Waals surface area (Å²) in [4.78, 5) is 14.5. The highest BCUT2D eigenvalue weighted by Crippen LogP contribution is 2.06. The Bertz CT molecular complexity index is 556. The molecule has 17 heavy (non-hydrogen) atoms. The van der Waals surface area contributed by atoms with Crippen LogP contribution in [-0.2, 0) is 6.42 Å². The Morgan fingerprint density at radius 2 is 2.29 bits per heavy atom. The highest BCUT2D eigenvalue weighted by molar-refractivity contribution is 5.33. The zero-order chi connectivity index (χ0) is 12.3. The van der Waals surface area contributed by atoms with E-state index in [-0.39, 0.29) is 5.69 Å². The van der Waals surface area contributed by atoms with Gasteiger partial charge in [-0.1, -0.05) is 12.1 Å². The second-order valence-electron chi connectivity index (χ2n) is 4.02.